The van der Waals surface area contributed by atoms with E-state index in [0.29, 0.717) is 5.92 Å². The Kier molecular flexibility index (Phi) is 3.70. The van der Waals surface area contributed by atoms with Crippen LogP contribution in [0.2, 0.25) is 0 Å². The first-order valence-corrected chi connectivity index (χ1v) is 7.76. The van der Waals surface area contributed by atoms with Crippen LogP contribution < -0.4 is 4.90 Å². The van der Waals surface area contributed by atoms with Crippen LogP contribution in [0.5, 0.6) is 0 Å². The van der Waals surface area contributed by atoms with Gasteiger partial charge in [0, 0.05) is 37.8 Å². The highest BCUT2D eigenvalue weighted by Gasteiger charge is 2.26. The standard InChI is InChI=1S/C17H22N2O2/c1-12-4-3-8-18(11-12)17(21)15-5-6-16-14(10-15)7-9-19(16)13(2)20/h5-6,10,12H,3-4,7-9,11H2,1-2H3. The van der Waals surface area contributed by atoms with Gasteiger partial charge in [0.1, 0.15) is 0 Å². The zero-order chi connectivity index (χ0) is 15.0. The minimum atomic E-state index is 0.0673. The van der Waals surface area contributed by atoms with E-state index in [4.69, 9.17) is 0 Å². The van der Waals surface area contributed by atoms with Crippen LogP contribution in [0.4, 0.5) is 5.69 Å². The van der Waals surface area contributed by atoms with Gasteiger partial charge in [-0.3, -0.25) is 9.59 Å². The molecule has 4 heteroatoms. The summed E-state index contributed by atoms with van der Waals surface area (Å²) in [5.41, 5.74) is 2.83. The number of carbonyl (C=O) groups is 2. The van der Waals surface area contributed by atoms with Gasteiger partial charge in [0.15, 0.2) is 0 Å². The van der Waals surface area contributed by atoms with Gasteiger partial charge >= 0.3 is 0 Å². The fraction of sp³-hybridized carbons (Fsp3) is 0.529. The van der Waals surface area contributed by atoms with E-state index in [-0.39, 0.29) is 11.8 Å². The summed E-state index contributed by atoms with van der Waals surface area (Å²) in [7, 11) is 0. The van der Waals surface area contributed by atoms with E-state index >= 15 is 0 Å². The third-order valence-corrected chi connectivity index (χ3v) is 4.55. The molecular weight excluding hydrogens is 264 g/mol. The van der Waals surface area contributed by atoms with Crippen molar-refractivity contribution < 1.29 is 9.59 Å². The van der Waals surface area contributed by atoms with E-state index in [9.17, 15) is 9.59 Å². The number of anilines is 1. The van der Waals surface area contributed by atoms with Crippen molar-refractivity contribution in [1.29, 1.82) is 0 Å². The van der Waals surface area contributed by atoms with Crippen LogP contribution >= 0.6 is 0 Å². The Labute approximate surface area is 125 Å². The van der Waals surface area contributed by atoms with Gasteiger partial charge in [-0.15, -0.1) is 0 Å². The molecular formula is C17H22N2O2. The Morgan fingerprint density at radius 2 is 2.05 bits per heavy atom. The second-order valence-electron chi connectivity index (χ2n) is 6.26. The van der Waals surface area contributed by atoms with Crippen molar-refractivity contribution in [3.8, 4) is 0 Å². The molecule has 3 rings (SSSR count). The van der Waals surface area contributed by atoms with Crippen LogP contribution in [0.15, 0.2) is 18.2 Å². The van der Waals surface area contributed by atoms with E-state index in [1.807, 2.05) is 23.1 Å². The molecule has 1 saturated heterocycles. The number of hydrogen-bond acceptors (Lipinski definition) is 2. The minimum absolute atomic E-state index is 0.0673. The monoisotopic (exact) mass is 286 g/mol. The van der Waals surface area contributed by atoms with Crippen LogP contribution in [-0.2, 0) is 11.2 Å². The second kappa shape index (κ2) is 5.51. The summed E-state index contributed by atoms with van der Waals surface area (Å²) in [6.45, 7) is 6.23. The van der Waals surface area contributed by atoms with Crippen molar-refractivity contribution in [3.05, 3.63) is 29.3 Å². The maximum Gasteiger partial charge on any atom is 0.253 e. The topological polar surface area (TPSA) is 40.6 Å². The number of nitrogens with zero attached hydrogens (tertiary/aromatic N) is 2. The Bertz CT molecular complexity index is 582. The Balaban J connectivity index is 1.81. The molecule has 112 valence electrons. The molecule has 0 aliphatic carbocycles. The molecule has 1 fully saturated rings. The molecule has 0 spiro atoms. The lowest BCUT2D eigenvalue weighted by atomic mass is 9.99. The van der Waals surface area contributed by atoms with Gasteiger partial charge in [0.05, 0.1) is 0 Å². The Morgan fingerprint density at radius 3 is 2.76 bits per heavy atom. The van der Waals surface area contributed by atoms with E-state index in [2.05, 4.69) is 6.92 Å². The summed E-state index contributed by atoms with van der Waals surface area (Å²) in [6.07, 6.45) is 3.14. The van der Waals surface area contributed by atoms with Crippen molar-refractivity contribution >= 4 is 17.5 Å². The molecule has 0 bridgehead atoms. The lowest BCUT2D eigenvalue weighted by Gasteiger charge is -2.31. The highest BCUT2D eigenvalue weighted by atomic mass is 16.2. The number of amides is 2. The van der Waals surface area contributed by atoms with Crippen molar-refractivity contribution in [2.24, 2.45) is 5.92 Å². The lowest BCUT2D eigenvalue weighted by Crippen LogP contribution is -2.39. The predicted octanol–water partition coefficient (Wildman–Crippen LogP) is 2.47. The van der Waals surface area contributed by atoms with E-state index < -0.39 is 0 Å². The van der Waals surface area contributed by atoms with Crippen LogP contribution in [0.25, 0.3) is 0 Å². The molecule has 1 unspecified atom stereocenters. The number of likely N-dealkylation sites (tertiary alicyclic amines) is 1. The summed E-state index contributed by atoms with van der Waals surface area (Å²) in [5.74, 6) is 0.786. The molecule has 1 aromatic carbocycles. The molecule has 2 heterocycles. The van der Waals surface area contributed by atoms with Gasteiger partial charge in [-0.2, -0.15) is 0 Å². The minimum Gasteiger partial charge on any atom is -0.338 e. The zero-order valence-corrected chi connectivity index (χ0v) is 12.8. The van der Waals surface area contributed by atoms with Gasteiger partial charge < -0.3 is 9.80 Å². The van der Waals surface area contributed by atoms with Gasteiger partial charge in [0.25, 0.3) is 5.91 Å². The molecule has 0 N–H and O–H groups in total. The highest BCUT2D eigenvalue weighted by molar-refractivity contribution is 5.97. The van der Waals surface area contributed by atoms with Crippen LogP contribution in [0.3, 0.4) is 0 Å². The summed E-state index contributed by atoms with van der Waals surface area (Å²) < 4.78 is 0. The van der Waals surface area contributed by atoms with Crippen molar-refractivity contribution in [2.75, 3.05) is 24.5 Å². The van der Waals surface area contributed by atoms with E-state index in [1.165, 1.54) is 6.42 Å². The molecule has 0 saturated carbocycles. The van der Waals surface area contributed by atoms with Crippen molar-refractivity contribution in [3.63, 3.8) is 0 Å². The third-order valence-electron chi connectivity index (χ3n) is 4.55. The quantitative estimate of drug-likeness (QED) is 0.795. The molecule has 21 heavy (non-hydrogen) atoms. The van der Waals surface area contributed by atoms with E-state index in [1.54, 1.807) is 11.8 Å². The molecule has 2 aliphatic heterocycles. The fourth-order valence-electron chi connectivity index (χ4n) is 3.42. The average molecular weight is 286 g/mol. The summed E-state index contributed by atoms with van der Waals surface area (Å²) in [4.78, 5) is 27.9. The fourth-order valence-corrected chi connectivity index (χ4v) is 3.42. The van der Waals surface area contributed by atoms with Gasteiger partial charge in [-0.05, 0) is 48.9 Å². The van der Waals surface area contributed by atoms with Gasteiger partial charge in [0.2, 0.25) is 5.91 Å². The number of benzene rings is 1. The molecule has 2 aliphatic rings. The smallest absolute Gasteiger partial charge is 0.253 e. The van der Waals surface area contributed by atoms with Gasteiger partial charge in [-0.1, -0.05) is 6.92 Å². The van der Waals surface area contributed by atoms with Crippen LogP contribution in [-0.4, -0.2) is 36.3 Å². The van der Waals surface area contributed by atoms with Crippen LogP contribution in [0, 0.1) is 5.92 Å². The largest absolute Gasteiger partial charge is 0.338 e. The summed E-state index contributed by atoms with van der Waals surface area (Å²) >= 11 is 0. The Hall–Kier alpha value is -1.84. The first kappa shape index (κ1) is 14.1. The second-order valence-corrected chi connectivity index (χ2v) is 6.26. The third kappa shape index (κ3) is 2.67. The normalized spacial score (nSPS) is 21.3. The molecule has 1 atom stereocenters. The number of fused-ring (bicyclic) bond motifs is 1. The first-order valence-electron chi connectivity index (χ1n) is 7.76. The first-order chi connectivity index (χ1) is 10.1. The zero-order valence-electron chi connectivity index (χ0n) is 12.8. The summed E-state index contributed by atoms with van der Waals surface area (Å²) in [5, 5.41) is 0. The number of hydrogen-bond donors (Lipinski definition) is 0. The molecule has 4 nitrogen and oxygen atoms in total. The van der Waals surface area contributed by atoms with Crippen LogP contribution in [0.1, 0.15) is 42.6 Å². The molecule has 2 amide bonds. The molecule has 0 radical (unpaired) electrons. The van der Waals surface area contributed by atoms with E-state index in [0.717, 1.165) is 49.3 Å². The Morgan fingerprint density at radius 1 is 1.24 bits per heavy atom. The molecule has 0 aromatic heterocycles. The van der Waals surface area contributed by atoms with Crippen molar-refractivity contribution in [2.45, 2.75) is 33.1 Å². The number of carbonyl (C=O) groups excluding carboxylic acids is 2. The maximum absolute atomic E-state index is 12.6. The molecule has 1 aromatic rings. The highest BCUT2D eigenvalue weighted by Crippen LogP contribution is 2.29. The predicted molar refractivity (Wildman–Crippen MR) is 82.5 cm³/mol. The average Bonchev–Trinajstić information content (AvgIpc) is 2.89. The maximum atomic E-state index is 12.6. The SMILES string of the molecule is CC(=O)N1CCc2cc(C(=O)N3CCCC(C)C3)ccc21. The van der Waals surface area contributed by atoms with Gasteiger partial charge in [-0.25, -0.2) is 0 Å². The number of piperidine rings is 1. The van der Waals surface area contributed by atoms with Crippen molar-refractivity contribution in [1.82, 2.24) is 4.90 Å². The summed E-state index contributed by atoms with van der Waals surface area (Å²) in [6, 6.07) is 5.76. The number of rotatable bonds is 1. The lowest BCUT2D eigenvalue weighted by molar-refractivity contribution is -0.116.